The van der Waals surface area contributed by atoms with Gasteiger partial charge in [0, 0.05) is 6.54 Å². The number of nitro benzene ring substituents is 1. The maximum Gasteiger partial charge on any atom is 0.405 e. The van der Waals surface area contributed by atoms with Gasteiger partial charge in [-0.05, 0) is 19.1 Å². The van der Waals surface area contributed by atoms with Crippen LogP contribution < -0.4 is 4.90 Å². The van der Waals surface area contributed by atoms with Crippen LogP contribution in [0.3, 0.4) is 0 Å². The Kier molecular flexibility index (Phi) is 4.10. The van der Waals surface area contributed by atoms with Gasteiger partial charge in [-0.25, -0.2) is 0 Å². The van der Waals surface area contributed by atoms with Crippen LogP contribution >= 0.6 is 0 Å². The van der Waals surface area contributed by atoms with Crippen molar-refractivity contribution < 1.29 is 22.5 Å². The molecule has 0 aromatic heterocycles. The van der Waals surface area contributed by atoms with Gasteiger partial charge in [0.1, 0.15) is 12.2 Å². The average Bonchev–Trinajstić information content (AvgIpc) is 2.23. The van der Waals surface area contributed by atoms with E-state index in [9.17, 15) is 27.7 Å². The zero-order chi connectivity index (χ0) is 13.9. The zero-order valence-electron chi connectivity index (χ0n) is 9.37. The number of nitrogens with zero attached hydrogens (tertiary/aromatic N) is 2. The lowest BCUT2D eigenvalue weighted by molar-refractivity contribution is -0.386. The molecule has 4 nitrogen and oxygen atoms in total. The Bertz CT molecular complexity index is 448. The Balaban J connectivity index is 3.21. The Morgan fingerprint density at radius 1 is 1.39 bits per heavy atom. The Morgan fingerprint density at radius 3 is 2.44 bits per heavy atom. The number of hydrogen-bond donors (Lipinski definition) is 0. The van der Waals surface area contributed by atoms with Crippen molar-refractivity contribution >= 4 is 11.4 Å². The lowest BCUT2D eigenvalue weighted by Gasteiger charge is -2.24. The molecule has 0 N–H and O–H groups in total. The van der Waals surface area contributed by atoms with Gasteiger partial charge in [-0.2, -0.15) is 17.6 Å². The second-order valence-electron chi connectivity index (χ2n) is 3.49. The minimum atomic E-state index is -4.52. The molecule has 0 unspecified atom stereocenters. The van der Waals surface area contributed by atoms with Gasteiger partial charge in [0.2, 0.25) is 5.82 Å². The molecular formula is C10H10F4N2O2. The maximum absolute atomic E-state index is 13.3. The highest BCUT2D eigenvalue weighted by Gasteiger charge is 2.33. The molecule has 1 aromatic carbocycles. The molecule has 100 valence electrons. The number of halogens is 4. The molecule has 0 aliphatic heterocycles. The predicted molar refractivity (Wildman–Crippen MR) is 57.0 cm³/mol. The topological polar surface area (TPSA) is 46.4 Å². The molecule has 0 atom stereocenters. The van der Waals surface area contributed by atoms with E-state index in [0.717, 1.165) is 18.2 Å². The standard InChI is InChI=1S/C10H10F4N2O2/c1-2-15(6-10(12,13)14)8-5-3-4-7(11)9(8)16(17)18/h3-5H,2,6H2,1H3. The summed E-state index contributed by atoms with van der Waals surface area (Å²) in [6.45, 7) is -0.0854. The Morgan fingerprint density at radius 2 is 2.00 bits per heavy atom. The number of anilines is 1. The summed E-state index contributed by atoms with van der Waals surface area (Å²) in [4.78, 5) is 10.4. The highest BCUT2D eigenvalue weighted by molar-refractivity contribution is 5.63. The van der Waals surface area contributed by atoms with Gasteiger partial charge < -0.3 is 4.90 Å². The number of hydrogen-bond acceptors (Lipinski definition) is 3. The second-order valence-corrected chi connectivity index (χ2v) is 3.49. The van der Waals surface area contributed by atoms with Crippen LogP contribution in [0.15, 0.2) is 18.2 Å². The number of alkyl halides is 3. The van der Waals surface area contributed by atoms with Crippen molar-refractivity contribution in [2.75, 3.05) is 18.0 Å². The number of benzene rings is 1. The van der Waals surface area contributed by atoms with Crippen molar-refractivity contribution in [3.63, 3.8) is 0 Å². The first-order valence-corrected chi connectivity index (χ1v) is 5.01. The van der Waals surface area contributed by atoms with E-state index in [1.807, 2.05) is 0 Å². The van der Waals surface area contributed by atoms with E-state index >= 15 is 0 Å². The quantitative estimate of drug-likeness (QED) is 0.478. The number of nitro groups is 1. The molecule has 0 aliphatic carbocycles. The molecule has 0 heterocycles. The van der Waals surface area contributed by atoms with Gasteiger partial charge in [-0.3, -0.25) is 10.1 Å². The molecule has 0 fully saturated rings. The van der Waals surface area contributed by atoms with Crippen molar-refractivity contribution in [1.82, 2.24) is 0 Å². The van der Waals surface area contributed by atoms with Crippen molar-refractivity contribution in [3.8, 4) is 0 Å². The minimum Gasteiger partial charge on any atom is -0.357 e. The number of para-hydroxylation sites is 1. The molecule has 1 aromatic rings. The third kappa shape index (κ3) is 3.31. The normalized spacial score (nSPS) is 11.4. The van der Waals surface area contributed by atoms with Crippen LogP contribution in [0.5, 0.6) is 0 Å². The van der Waals surface area contributed by atoms with E-state index in [-0.39, 0.29) is 12.2 Å². The van der Waals surface area contributed by atoms with E-state index in [0.29, 0.717) is 4.90 Å². The first-order valence-electron chi connectivity index (χ1n) is 5.01. The van der Waals surface area contributed by atoms with E-state index < -0.39 is 29.1 Å². The third-order valence-corrected chi connectivity index (χ3v) is 2.24. The minimum absolute atomic E-state index is 0.121. The maximum atomic E-state index is 13.3. The van der Waals surface area contributed by atoms with Gasteiger partial charge in [0.15, 0.2) is 0 Å². The molecule has 1 rings (SSSR count). The molecule has 0 radical (unpaired) electrons. The predicted octanol–water partition coefficient (Wildman–Crippen LogP) is 3.12. The SMILES string of the molecule is CCN(CC(F)(F)F)c1cccc(F)c1[N+](=O)[O-]. The van der Waals surface area contributed by atoms with E-state index in [2.05, 4.69) is 0 Å². The fourth-order valence-electron chi connectivity index (χ4n) is 1.52. The first kappa shape index (κ1) is 14.2. The monoisotopic (exact) mass is 266 g/mol. The lowest BCUT2D eigenvalue weighted by Crippen LogP contribution is -2.34. The molecule has 18 heavy (non-hydrogen) atoms. The molecule has 0 saturated heterocycles. The fraction of sp³-hybridized carbons (Fsp3) is 0.400. The molecule has 8 heteroatoms. The number of rotatable bonds is 4. The van der Waals surface area contributed by atoms with Gasteiger partial charge in [0.25, 0.3) is 0 Å². The lowest BCUT2D eigenvalue weighted by atomic mass is 10.2. The molecule has 0 bridgehead atoms. The Hall–Kier alpha value is -1.86. The average molecular weight is 266 g/mol. The summed E-state index contributed by atoms with van der Waals surface area (Å²) in [5, 5.41) is 10.7. The summed E-state index contributed by atoms with van der Waals surface area (Å²) in [7, 11) is 0. The van der Waals surface area contributed by atoms with Crippen molar-refractivity contribution in [1.29, 1.82) is 0 Å². The van der Waals surface area contributed by atoms with Crippen LogP contribution in [0.4, 0.5) is 28.9 Å². The molecule has 0 amide bonds. The van der Waals surface area contributed by atoms with Crippen LogP contribution in [0.1, 0.15) is 6.92 Å². The summed E-state index contributed by atoms with van der Waals surface area (Å²) in [5.41, 5.74) is -1.32. The highest BCUT2D eigenvalue weighted by atomic mass is 19.4. The van der Waals surface area contributed by atoms with Gasteiger partial charge >= 0.3 is 11.9 Å². The van der Waals surface area contributed by atoms with Gasteiger partial charge in [-0.1, -0.05) is 6.07 Å². The fourth-order valence-corrected chi connectivity index (χ4v) is 1.52. The van der Waals surface area contributed by atoms with Crippen LogP contribution in [-0.4, -0.2) is 24.2 Å². The van der Waals surface area contributed by atoms with Crippen LogP contribution in [0.2, 0.25) is 0 Å². The largest absolute Gasteiger partial charge is 0.405 e. The molecule has 0 saturated carbocycles. The summed E-state index contributed by atoms with van der Waals surface area (Å²) in [5.74, 6) is -1.15. The Labute approximate surface area is 100.0 Å². The van der Waals surface area contributed by atoms with Crippen molar-refractivity contribution in [2.24, 2.45) is 0 Å². The summed E-state index contributed by atoms with van der Waals surface area (Å²) >= 11 is 0. The summed E-state index contributed by atoms with van der Waals surface area (Å²) in [6.07, 6.45) is -4.52. The van der Waals surface area contributed by atoms with Crippen LogP contribution in [0.25, 0.3) is 0 Å². The molecule has 0 aliphatic rings. The van der Waals surface area contributed by atoms with E-state index in [1.165, 1.54) is 6.92 Å². The molecule has 0 spiro atoms. The molecular weight excluding hydrogens is 256 g/mol. The van der Waals surface area contributed by atoms with Gasteiger partial charge in [0.05, 0.1) is 4.92 Å². The summed E-state index contributed by atoms with van der Waals surface area (Å²) in [6, 6.07) is 3.07. The highest BCUT2D eigenvalue weighted by Crippen LogP contribution is 2.32. The zero-order valence-corrected chi connectivity index (χ0v) is 9.37. The summed E-state index contributed by atoms with van der Waals surface area (Å²) < 4.78 is 50.2. The third-order valence-electron chi connectivity index (χ3n) is 2.24. The van der Waals surface area contributed by atoms with Crippen molar-refractivity contribution in [2.45, 2.75) is 13.1 Å². The van der Waals surface area contributed by atoms with Crippen LogP contribution in [0, 0.1) is 15.9 Å². The van der Waals surface area contributed by atoms with E-state index in [1.54, 1.807) is 0 Å². The van der Waals surface area contributed by atoms with Crippen molar-refractivity contribution in [3.05, 3.63) is 34.1 Å². The smallest absolute Gasteiger partial charge is 0.357 e. The van der Waals surface area contributed by atoms with Gasteiger partial charge in [-0.15, -0.1) is 0 Å². The first-order chi connectivity index (χ1) is 8.26. The van der Waals surface area contributed by atoms with E-state index in [4.69, 9.17) is 0 Å². The van der Waals surface area contributed by atoms with Crippen LogP contribution in [-0.2, 0) is 0 Å². The second kappa shape index (κ2) is 5.19.